The molecule has 0 aliphatic carbocycles. The minimum atomic E-state index is -4.45. The van der Waals surface area contributed by atoms with Crippen LogP contribution in [0.5, 0.6) is 0 Å². The number of carbonyl (C=O) groups excluding carboxylic acids is 1. The van der Waals surface area contributed by atoms with Crippen LogP contribution in [0.1, 0.15) is 20.3 Å². The number of nitrogens with one attached hydrogen (secondary N) is 1. The Labute approximate surface area is 92.7 Å². The molecule has 0 saturated heterocycles. The van der Waals surface area contributed by atoms with Crippen LogP contribution in [0.15, 0.2) is 11.6 Å². The van der Waals surface area contributed by atoms with Crippen molar-refractivity contribution in [2.45, 2.75) is 32.5 Å². The van der Waals surface area contributed by atoms with E-state index in [0.29, 0.717) is 19.1 Å². The van der Waals surface area contributed by atoms with Crippen LogP contribution in [0.3, 0.4) is 0 Å². The van der Waals surface area contributed by atoms with E-state index >= 15 is 0 Å². The number of amides is 1. The minimum absolute atomic E-state index is 0.218. The number of allylic oxidation sites excluding steroid dienone is 1. The molecular weight excluding hydrogens is 223 g/mol. The molecule has 94 valence electrons. The van der Waals surface area contributed by atoms with Gasteiger partial charge in [0.25, 0.3) is 0 Å². The second kappa shape index (κ2) is 6.52. The fraction of sp³-hybridized carbons (Fsp3) is 0.700. The van der Waals surface area contributed by atoms with E-state index in [0.717, 1.165) is 6.92 Å². The third-order valence-electron chi connectivity index (χ3n) is 1.94. The van der Waals surface area contributed by atoms with Crippen molar-refractivity contribution in [3.05, 3.63) is 11.6 Å². The van der Waals surface area contributed by atoms with Crippen LogP contribution in [-0.2, 0) is 9.53 Å². The van der Waals surface area contributed by atoms with E-state index in [2.05, 4.69) is 5.32 Å². The van der Waals surface area contributed by atoms with Crippen molar-refractivity contribution in [2.24, 2.45) is 0 Å². The molecule has 3 nitrogen and oxygen atoms in total. The fourth-order valence-corrected chi connectivity index (χ4v) is 0.930. The maximum atomic E-state index is 12.1. The molecule has 1 N–H and O–H groups in total. The molecule has 1 atom stereocenters. The first-order chi connectivity index (χ1) is 7.27. The average molecular weight is 239 g/mol. The van der Waals surface area contributed by atoms with Crippen LogP contribution in [0.25, 0.3) is 0 Å². The summed E-state index contributed by atoms with van der Waals surface area (Å²) in [6.07, 6.45) is -3.34. The van der Waals surface area contributed by atoms with E-state index in [1.54, 1.807) is 6.92 Å². The Hall–Kier alpha value is -1.04. The third kappa shape index (κ3) is 6.44. The number of halogens is 3. The number of rotatable bonds is 5. The van der Waals surface area contributed by atoms with Crippen molar-refractivity contribution >= 4 is 5.91 Å². The van der Waals surface area contributed by atoms with Gasteiger partial charge < -0.3 is 10.1 Å². The molecule has 0 saturated carbocycles. The molecule has 0 heterocycles. The molecule has 0 rings (SSSR count). The summed E-state index contributed by atoms with van der Waals surface area (Å²) in [7, 11) is 1.52. The topological polar surface area (TPSA) is 38.3 Å². The molecule has 0 aliphatic rings. The van der Waals surface area contributed by atoms with Gasteiger partial charge in [0, 0.05) is 31.4 Å². The van der Waals surface area contributed by atoms with Gasteiger partial charge in [0.05, 0.1) is 0 Å². The van der Waals surface area contributed by atoms with Gasteiger partial charge in [-0.1, -0.05) is 0 Å². The molecule has 0 aromatic carbocycles. The first-order valence-electron chi connectivity index (χ1n) is 4.82. The molecular formula is C10H16F3NO2. The Balaban J connectivity index is 4.17. The van der Waals surface area contributed by atoms with Gasteiger partial charge in [-0.2, -0.15) is 13.2 Å². The summed E-state index contributed by atoms with van der Waals surface area (Å²) in [5, 5.41) is 2.42. The Morgan fingerprint density at radius 1 is 1.50 bits per heavy atom. The summed E-state index contributed by atoms with van der Waals surface area (Å²) >= 11 is 0. The van der Waals surface area contributed by atoms with Crippen molar-refractivity contribution in [1.82, 2.24) is 5.32 Å². The largest absolute Gasteiger partial charge is 0.412 e. The van der Waals surface area contributed by atoms with E-state index in [1.807, 2.05) is 0 Å². The van der Waals surface area contributed by atoms with Crippen LogP contribution < -0.4 is 5.32 Å². The molecule has 0 bridgehead atoms. The van der Waals surface area contributed by atoms with Crippen molar-refractivity contribution in [3.63, 3.8) is 0 Å². The monoisotopic (exact) mass is 239 g/mol. The van der Waals surface area contributed by atoms with Gasteiger partial charge in [-0.05, 0) is 20.3 Å². The third-order valence-corrected chi connectivity index (χ3v) is 1.94. The summed E-state index contributed by atoms with van der Waals surface area (Å²) in [6, 6.07) is -0.218. The van der Waals surface area contributed by atoms with Crippen molar-refractivity contribution in [2.75, 3.05) is 13.7 Å². The Morgan fingerprint density at radius 3 is 2.50 bits per heavy atom. The molecule has 0 aliphatic heterocycles. The fourth-order valence-electron chi connectivity index (χ4n) is 0.930. The molecule has 16 heavy (non-hydrogen) atoms. The lowest BCUT2D eigenvalue weighted by molar-refractivity contribution is -0.118. The summed E-state index contributed by atoms with van der Waals surface area (Å²) in [4.78, 5) is 11.1. The molecule has 0 radical (unpaired) electrons. The lowest BCUT2D eigenvalue weighted by Gasteiger charge is -2.12. The summed E-state index contributed by atoms with van der Waals surface area (Å²) < 4.78 is 41.0. The zero-order valence-corrected chi connectivity index (χ0v) is 9.52. The molecule has 0 fully saturated rings. The summed E-state index contributed by atoms with van der Waals surface area (Å²) in [5.41, 5.74) is -0.913. The molecule has 1 amide bonds. The van der Waals surface area contributed by atoms with Gasteiger partial charge >= 0.3 is 6.18 Å². The number of alkyl halides is 3. The lowest BCUT2D eigenvalue weighted by atomic mass is 10.2. The second-order valence-corrected chi connectivity index (χ2v) is 3.52. The minimum Gasteiger partial charge on any atom is -0.385 e. The smallest absolute Gasteiger partial charge is 0.385 e. The van der Waals surface area contributed by atoms with Crippen molar-refractivity contribution in [3.8, 4) is 0 Å². The number of methoxy groups -OCH3 is 1. The van der Waals surface area contributed by atoms with Crippen LogP contribution >= 0.6 is 0 Å². The number of ether oxygens (including phenoxy) is 1. The van der Waals surface area contributed by atoms with Crippen molar-refractivity contribution < 1.29 is 22.7 Å². The molecule has 1 unspecified atom stereocenters. The SMILES string of the molecule is COCCC(C)NC(=O)C=C(C)C(F)(F)F. The highest BCUT2D eigenvalue weighted by Crippen LogP contribution is 2.24. The van der Waals surface area contributed by atoms with Crippen LogP contribution in [-0.4, -0.2) is 31.8 Å². The second-order valence-electron chi connectivity index (χ2n) is 3.52. The first-order valence-corrected chi connectivity index (χ1v) is 4.82. The molecule has 6 heteroatoms. The van der Waals surface area contributed by atoms with E-state index in [1.165, 1.54) is 7.11 Å². The van der Waals surface area contributed by atoms with Crippen LogP contribution in [0.4, 0.5) is 13.2 Å². The predicted octanol–water partition coefficient (Wildman–Crippen LogP) is 2.04. The van der Waals surface area contributed by atoms with Crippen LogP contribution in [0.2, 0.25) is 0 Å². The zero-order chi connectivity index (χ0) is 12.8. The lowest BCUT2D eigenvalue weighted by Crippen LogP contribution is -2.32. The van der Waals surface area contributed by atoms with E-state index in [9.17, 15) is 18.0 Å². The number of hydrogen-bond donors (Lipinski definition) is 1. The number of carbonyl (C=O) groups is 1. The van der Waals surface area contributed by atoms with E-state index in [4.69, 9.17) is 4.74 Å². The van der Waals surface area contributed by atoms with E-state index in [-0.39, 0.29) is 6.04 Å². The molecule has 0 spiro atoms. The number of hydrogen-bond acceptors (Lipinski definition) is 2. The first kappa shape index (κ1) is 15.0. The van der Waals surface area contributed by atoms with Gasteiger partial charge in [-0.3, -0.25) is 4.79 Å². The maximum Gasteiger partial charge on any atom is 0.412 e. The summed E-state index contributed by atoms with van der Waals surface area (Å²) in [5.74, 6) is -0.738. The normalized spacial score (nSPS) is 14.8. The quantitative estimate of drug-likeness (QED) is 0.745. The predicted molar refractivity (Wildman–Crippen MR) is 53.9 cm³/mol. The zero-order valence-electron chi connectivity index (χ0n) is 9.52. The standard InChI is InChI=1S/C10H16F3NO2/c1-7(10(11,12)13)6-9(15)14-8(2)4-5-16-3/h6,8H,4-5H2,1-3H3,(H,14,15). The maximum absolute atomic E-state index is 12.1. The van der Waals surface area contributed by atoms with Crippen molar-refractivity contribution in [1.29, 1.82) is 0 Å². The van der Waals surface area contributed by atoms with Gasteiger partial charge in [0.1, 0.15) is 0 Å². The van der Waals surface area contributed by atoms with Gasteiger partial charge in [-0.25, -0.2) is 0 Å². The molecule has 0 aromatic heterocycles. The van der Waals surface area contributed by atoms with Gasteiger partial charge in [0.2, 0.25) is 5.91 Å². The highest BCUT2D eigenvalue weighted by molar-refractivity contribution is 5.88. The Morgan fingerprint density at radius 2 is 2.06 bits per heavy atom. The van der Waals surface area contributed by atoms with Gasteiger partial charge in [-0.15, -0.1) is 0 Å². The van der Waals surface area contributed by atoms with E-state index < -0.39 is 17.7 Å². The Bertz CT molecular complexity index is 261. The summed E-state index contributed by atoms with van der Waals surface area (Å²) in [6.45, 7) is 3.01. The van der Waals surface area contributed by atoms with Gasteiger partial charge in [0.15, 0.2) is 0 Å². The highest BCUT2D eigenvalue weighted by atomic mass is 19.4. The average Bonchev–Trinajstić information content (AvgIpc) is 2.12. The molecule has 0 aromatic rings. The Kier molecular flexibility index (Phi) is 6.10. The highest BCUT2D eigenvalue weighted by Gasteiger charge is 2.30. The van der Waals surface area contributed by atoms with Crippen LogP contribution in [0, 0.1) is 0 Å².